The van der Waals surface area contributed by atoms with Crippen molar-refractivity contribution in [3.8, 4) is 0 Å². The van der Waals surface area contributed by atoms with E-state index in [1.807, 2.05) is 19.9 Å². The zero-order valence-corrected chi connectivity index (χ0v) is 12.3. The largest absolute Gasteiger partial charge is 0.393 e. The number of fused-ring (bicyclic) bond motifs is 1. The lowest BCUT2D eigenvalue weighted by molar-refractivity contribution is -0.387. The Morgan fingerprint density at radius 1 is 1.43 bits per heavy atom. The third kappa shape index (κ3) is 3.21. The highest BCUT2D eigenvalue weighted by molar-refractivity contribution is 5.83. The molecule has 0 aliphatic heterocycles. The average Bonchev–Trinajstić information content (AvgIpc) is 2.78. The maximum atomic E-state index is 13.6. The van der Waals surface area contributed by atoms with E-state index in [1.54, 1.807) is 6.92 Å². The number of H-pyrrole nitrogens is 1. The van der Waals surface area contributed by atoms with Gasteiger partial charge < -0.3 is 10.1 Å². The molecule has 5 nitrogen and oxygen atoms in total. The van der Waals surface area contributed by atoms with Crippen molar-refractivity contribution < 1.29 is 14.4 Å². The molecule has 2 rings (SSSR count). The summed E-state index contributed by atoms with van der Waals surface area (Å²) in [5, 5.41) is 20.8. The van der Waals surface area contributed by atoms with Gasteiger partial charge in [0.15, 0.2) is 0 Å². The zero-order valence-electron chi connectivity index (χ0n) is 12.3. The summed E-state index contributed by atoms with van der Waals surface area (Å²) in [5.74, 6) is -0.845. The first kappa shape index (κ1) is 15.4. The molecule has 1 aromatic carbocycles. The predicted octanol–water partition coefficient (Wildman–Crippen LogP) is 3.65. The number of aliphatic hydroxyl groups excluding tert-OH is 1. The van der Waals surface area contributed by atoms with Crippen LogP contribution in [0.5, 0.6) is 0 Å². The second-order valence-corrected chi connectivity index (χ2v) is 6.10. The van der Waals surface area contributed by atoms with Crippen molar-refractivity contribution in [2.75, 3.05) is 0 Å². The second-order valence-electron chi connectivity index (χ2n) is 6.10. The van der Waals surface area contributed by atoms with Gasteiger partial charge in [0, 0.05) is 34.1 Å². The number of nitrogens with one attached hydrogen (secondary N) is 1. The van der Waals surface area contributed by atoms with E-state index < -0.39 is 16.4 Å². The van der Waals surface area contributed by atoms with Gasteiger partial charge in [0.25, 0.3) is 0 Å². The summed E-state index contributed by atoms with van der Waals surface area (Å²) in [7, 11) is 0. The molecule has 0 bridgehead atoms. The number of hydrogen-bond donors (Lipinski definition) is 2. The van der Waals surface area contributed by atoms with Gasteiger partial charge >= 0.3 is 5.69 Å². The number of nitro benzene ring substituents is 1. The van der Waals surface area contributed by atoms with Crippen molar-refractivity contribution in [2.45, 2.75) is 45.1 Å². The Morgan fingerprint density at radius 2 is 2.10 bits per heavy atom. The van der Waals surface area contributed by atoms with E-state index in [0.29, 0.717) is 17.3 Å². The lowest BCUT2D eigenvalue weighted by Gasteiger charge is -2.24. The van der Waals surface area contributed by atoms with Crippen molar-refractivity contribution >= 4 is 16.6 Å². The predicted molar refractivity (Wildman–Crippen MR) is 78.9 cm³/mol. The molecular formula is C15H19FN2O3. The molecule has 2 N–H and O–H groups in total. The minimum absolute atomic E-state index is 0.235. The van der Waals surface area contributed by atoms with Crippen LogP contribution in [0, 0.1) is 15.9 Å². The van der Waals surface area contributed by atoms with Crippen LogP contribution in [0.1, 0.15) is 39.3 Å². The van der Waals surface area contributed by atoms with E-state index in [1.165, 1.54) is 6.07 Å². The lowest BCUT2D eigenvalue weighted by atomic mass is 9.83. The highest BCUT2D eigenvalue weighted by Gasteiger charge is 2.24. The van der Waals surface area contributed by atoms with E-state index in [0.717, 1.165) is 18.2 Å². The molecule has 6 heteroatoms. The molecule has 21 heavy (non-hydrogen) atoms. The van der Waals surface area contributed by atoms with Crippen LogP contribution in [0.3, 0.4) is 0 Å². The third-order valence-electron chi connectivity index (χ3n) is 3.80. The number of aromatic amines is 1. The van der Waals surface area contributed by atoms with Crippen molar-refractivity contribution in [3.05, 3.63) is 39.8 Å². The van der Waals surface area contributed by atoms with Gasteiger partial charge in [0.1, 0.15) is 0 Å². The minimum atomic E-state index is -0.845. The quantitative estimate of drug-likeness (QED) is 0.652. The summed E-state index contributed by atoms with van der Waals surface area (Å²) in [5.41, 5.74) is 0.660. The number of hydrogen-bond acceptors (Lipinski definition) is 3. The van der Waals surface area contributed by atoms with E-state index >= 15 is 0 Å². The van der Waals surface area contributed by atoms with Gasteiger partial charge in [-0.3, -0.25) is 10.1 Å². The molecule has 0 saturated heterocycles. The molecule has 0 aliphatic rings. The van der Waals surface area contributed by atoms with Gasteiger partial charge in [0.2, 0.25) is 5.82 Å². The van der Waals surface area contributed by atoms with Gasteiger partial charge in [-0.05, 0) is 25.8 Å². The maximum absolute atomic E-state index is 13.6. The monoisotopic (exact) mass is 294 g/mol. The number of benzene rings is 1. The normalized spacial score (nSPS) is 13.6. The van der Waals surface area contributed by atoms with Crippen LogP contribution in [0.25, 0.3) is 10.9 Å². The van der Waals surface area contributed by atoms with E-state index in [-0.39, 0.29) is 11.5 Å². The smallest absolute Gasteiger partial charge is 0.305 e. The number of nitrogens with zero attached hydrogens (tertiary/aromatic N) is 1. The molecule has 1 atom stereocenters. The molecule has 2 aromatic rings. The molecule has 1 unspecified atom stereocenters. The first-order valence-electron chi connectivity index (χ1n) is 6.86. The molecule has 0 aliphatic carbocycles. The molecule has 0 radical (unpaired) electrons. The highest BCUT2D eigenvalue weighted by Crippen LogP contribution is 2.33. The van der Waals surface area contributed by atoms with Gasteiger partial charge in [-0.15, -0.1) is 0 Å². The lowest BCUT2D eigenvalue weighted by Crippen LogP contribution is -2.19. The first-order valence-corrected chi connectivity index (χ1v) is 6.86. The van der Waals surface area contributed by atoms with Crippen LogP contribution in [-0.2, 0) is 5.41 Å². The van der Waals surface area contributed by atoms with Crippen LogP contribution in [0.15, 0.2) is 18.2 Å². The summed E-state index contributed by atoms with van der Waals surface area (Å²) >= 11 is 0. The number of nitro groups is 1. The van der Waals surface area contributed by atoms with Crippen LogP contribution < -0.4 is 0 Å². The number of halogens is 1. The third-order valence-corrected chi connectivity index (χ3v) is 3.80. The van der Waals surface area contributed by atoms with E-state index in [4.69, 9.17) is 0 Å². The second kappa shape index (κ2) is 5.44. The molecule has 1 aromatic heterocycles. The van der Waals surface area contributed by atoms with Crippen molar-refractivity contribution in [2.24, 2.45) is 0 Å². The molecular weight excluding hydrogens is 275 g/mol. The van der Waals surface area contributed by atoms with Crippen molar-refractivity contribution in [1.29, 1.82) is 0 Å². The van der Waals surface area contributed by atoms with Gasteiger partial charge in [-0.25, -0.2) is 0 Å². The Kier molecular flexibility index (Phi) is 4.00. The summed E-state index contributed by atoms with van der Waals surface area (Å²) in [6, 6.07) is 4.21. The molecule has 1 heterocycles. The summed E-state index contributed by atoms with van der Waals surface area (Å²) in [4.78, 5) is 13.2. The fraction of sp³-hybridized carbons (Fsp3) is 0.467. The fourth-order valence-electron chi connectivity index (χ4n) is 2.35. The molecule has 114 valence electrons. The summed E-state index contributed by atoms with van der Waals surface area (Å²) in [6.45, 7) is 5.77. The Balaban J connectivity index is 2.40. The van der Waals surface area contributed by atoms with Crippen LogP contribution in [0.2, 0.25) is 0 Å². The number of aliphatic hydroxyl groups is 1. The Morgan fingerprint density at radius 3 is 2.67 bits per heavy atom. The number of rotatable bonds is 5. The average molecular weight is 294 g/mol. The van der Waals surface area contributed by atoms with Crippen LogP contribution in [0.4, 0.5) is 10.1 Å². The van der Waals surface area contributed by atoms with Gasteiger partial charge in [-0.1, -0.05) is 13.8 Å². The summed E-state index contributed by atoms with van der Waals surface area (Å²) in [6.07, 6.45) is 1.02. The topological polar surface area (TPSA) is 79.2 Å². The van der Waals surface area contributed by atoms with E-state index in [9.17, 15) is 19.6 Å². The molecule has 0 amide bonds. The maximum Gasteiger partial charge on any atom is 0.305 e. The van der Waals surface area contributed by atoms with E-state index in [2.05, 4.69) is 4.98 Å². The Hall–Kier alpha value is -1.95. The van der Waals surface area contributed by atoms with Crippen molar-refractivity contribution in [1.82, 2.24) is 4.98 Å². The van der Waals surface area contributed by atoms with Gasteiger partial charge in [-0.2, -0.15) is 4.39 Å². The highest BCUT2D eigenvalue weighted by atomic mass is 19.1. The van der Waals surface area contributed by atoms with Crippen molar-refractivity contribution in [3.63, 3.8) is 0 Å². The number of aromatic nitrogens is 1. The molecule has 0 spiro atoms. The first-order chi connectivity index (χ1) is 9.70. The summed E-state index contributed by atoms with van der Waals surface area (Å²) < 4.78 is 13.6. The fourth-order valence-corrected chi connectivity index (χ4v) is 2.35. The SMILES string of the molecule is CC(O)CCC(C)(C)c1cc2cc([N+](=O)[O-])c(F)cc2[nH]1. The van der Waals surface area contributed by atoms with Crippen LogP contribution in [-0.4, -0.2) is 21.1 Å². The Bertz CT molecular complexity index is 677. The standard InChI is InChI=1S/C15H19FN2O3/c1-9(19)4-5-15(2,3)14-7-10-6-13(18(20)21)11(16)8-12(10)17-14/h6-9,17,19H,4-5H2,1-3H3. The molecule has 0 fully saturated rings. The Labute approximate surface area is 121 Å². The van der Waals surface area contributed by atoms with Crippen LogP contribution >= 0.6 is 0 Å². The minimum Gasteiger partial charge on any atom is -0.393 e. The van der Waals surface area contributed by atoms with Gasteiger partial charge in [0.05, 0.1) is 11.0 Å². The molecule has 0 saturated carbocycles. The zero-order chi connectivity index (χ0) is 15.8.